The zero-order valence-corrected chi connectivity index (χ0v) is 10.5. The minimum Gasteiger partial charge on any atom is -0.462 e. The molecule has 0 N–H and O–H groups in total. The van der Waals surface area contributed by atoms with Crippen LogP contribution in [0.4, 0.5) is 0 Å². The first-order valence-corrected chi connectivity index (χ1v) is 5.96. The van der Waals surface area contributed by atoms with Crippen molar-refractivity contribution < 1.29 is 13.9 Å². The van der Waals surface area contributed by atoms with Gasteiger partial charge in [-0.25, -0.2) is 4.79 Å². The monoisotopic (exact) mass is 252 g/mol. The van der Waals surface area contributed by atoms with E-state index in [0.717, 1.165) is 10.9 Å². The summed E-state index contributed by atoms with van der Waals surface area (Å²) in [4.78, 5) is 11.8. The summed E-state index contributed by atoms with van der Waals surface area (Å²) in [5.41, 5.74) is 2.05. The number of hydrogen-bond donors (Lipinski definition) is 0. The highest BCUT2D eigenvalue weighted by Gasteiger charge is 2.16. The van der Waals surface area contributed by atoms with E-state index < -0.39 is 0 Å². The largest absolute Gasteiger partial charge is 0.462 e. The Bertz CT molecular complexity index is 557. The number of hydrogen-bond acceptors (Lipinski definition) is 3. The first-order chi connectivity index (χ1) is 8.17. The van der Waals surface area contributed by atoms with Gasteiger partial charge in [-0.05, 0) is 31.5 Å². The number of alkyl halides is 1. The fraction of sp³-hybridized carbons (Fsp3) is 0.308. The average Bonchev–Trinajstić information content (AvgIpc) is 2.74. The van der Waals surface area contributed by atoms with Crippen LogP contribution in [0.3, 0.4) is 0 Å². The molecule has 0 aliphatic carbocycles. The van der Waals surface area contributed by atoms with Gasteiger partial charge in [-0.2, -0.15) is 0 Å². The summed E-state index contributed by atoms with van der Waals surface area (Å²) in [5, 5.41) is 0.909. The molecule has 0 atom stereocenters. The van der Waals surface area contributed by atoms with Crippen molar-refractivity contribution in [1.29, 1.82) is 0 Å². The summed E-state index contributed by atoms with van der Waals surface area (Å²) < 4.78 is 10.6. The Morgan fingerprint density at radius 2 is 2.24 bits per heavy atom. The second kappa shape index (κ2) is 4.80. The summed E-state index contributed by atoms with van der Waals surface area (Å²) in [6.45, 7) is 4.08. The predicted octanol–water partition coefficient (Wildman–Crippen LogP) is 3.66. The van der Waals surface area contributed by atoms with Crippen LogP contribution in [-0.4, -0.2) is 12.6 Å². The number of rotatable bonds is 3. The summed E-state index contributed by atoms with van der Waals surface area (Å²) in [6.07, 6.45) is 0. The minimum absolute atomic E-state index is 0.288. The van der Waals surface area contributed by atoms with Gasteiger partial charge in [-0.1, -0.05) is 6.07 Å². The van der Waals surface area contributed by atoms with Crippen molar-refractivity contribution in [1.82, 2.24) is 0 Å². The second-order valence-electron chi connectivity index (χ2n) is 3.74. The third-order valence-electron chi connectivity index (χ3n) is 2.58. The molecule has 0 bridgehead atoms. The molecule has 0 aliphatic rings. The maximum atomic E-state index is 11.8. The molecule has 1 aromatic heterocycles. The van der Waals surface area contributed by atoms with Gasteiger partial charge in [-0.15, -0.1) is 11.6 Å². The van der Waals surface area contributed by atoms with Crippen LogP contribution in [0.2, 0.25) is 0 Å². The van der Waals surface area contributed by atoms with Crippen molar-refractivity contribution in [2.45, 2.75) is 19.7 Å². The Kier molecular flexibility index (Phi) is 3.38. The number of fused-ring (bicyclic) bond motifs is 1. The van der Waals surface area contributed by atoms with Gasteiger partial charge in [0.05, 0.1) is 12.5 Å². The first kappa shape index (κ1) is 12.0. The third-order valence-corrected chi connectivity index (χ3v) is 2.84. The lowest BCUT2D eigenvalue weighted by atomic mass is 10.1. The molecule has 4 heteroatoms. The van der Waals surface area contributed by atoms with Crippen molar-refractivity contribution in [3.8, 4) is 0 Å². The van der Waals surface area contributed by atoms with E-state index >= 15 is 0 Å². The molecular formula is C13H13ClO3. The topological polar surface area (TPSA) is 39.4 Å². The molecule has 90 valence electrons. The van der Waals surface area contributed by atoms with Crippen LogP contribution in [0.25, 0.3) is 11.0 Å². The lowest BCUT2D eigenvalue weighted by Gasteiger charge is -2.03. The molecule has 0 unspecified atom stereocenters. The number of furan rings is 1. The van der Waals surface area contributed by atoms with Gasteiger partial charge in [0.25, 0.3) is 0 Å². The van der Waals surface area contributed by atoms with Crippen LogP contribution < -0.4 is 0 Å². The highest BCUT2D eigenvalue weighted by Crippen LogP contribution is 2.27. The molecule has 3 nitrogen and oxygen atoms in total. The molecule has 2 aromatic rings. The highest BCUT2D eigenvalue weighted by atomic mass is 35.5. The van der Waals surface area contributed by atoms with Gasteiger partial charge in [-0.3, -0.25) is 0 Å². The Labute approximate surface area is 104 Å². The number of halogens is 1. The molecular weight excluding hydrogens is 240 g/mol. The molecule has 0 fully saturated rings. The van der Waals surface area contributed by atoms with Crippen LogP contribution >= 0.6 is 11.6 Å². The number of benzene rings is 1. The fourth-order valence-electron chi connectivity index (χ4n) is 1.74. The Morgan fingerprint density at radius 1 is 1.47 bits per heavy atom. The Morgan fingerprint density at radius 3 is 2.88 bits per heavy atom. The Balaban J connectivity index is 2.60. The Hall–Kier alpha value is -1.48. The lowest BCUT2D eigenvalue weighted by Crippen LogP contribution is -2.04. The highest BCUT2D eigenvalue weighted by molar-refractivity contribution is 6.17. The zero-order valence-electron chi connectivity index (χ0n) is 9.75. The van der Waals surface area contributed by atoms with Gasteiger partial charge in [0, 0.05) is 5.39 Å². The van der Waals surface area contributed by atoms with Crippen molar-refractivity contribution in [2.24, 2.45) is 0 Å². The van der Waals surface area contributed by atoms with Crippen molar-refractivity contribution in [3.05, 3.63) is 35.1 Å². The standard InChI is InChI=1S/C13H13ClO3/c1-3-16-13(15)10-5-4-8(2)11-6-9(7-14)17-12(10)11/h4-6H,3,7H2,1-2H3. The van der Waals surface area contributed by atoms with Crippen LogP contribution in [0.1, 0.15) is 28.6 Å². The molecule has 2 rings (SSSR count). The van der Waals surface area contributed by atoms with Gasteiger partial charge in [0.15, 0.2) is 0 Å². The second-order valence-corrected chi connectivity index (χ2v) is 4.01. The van der Waals surface area contributed by atoms with Crippen LogP contribution in [0, 0.1) is 6.92 Å². The summed E-state index contributed by atoms with van der Waals surface area (Å²) >= 11 is 5.73. The molecule has 0 aliphatic heterocycles. The first-order valence-electron chi connectivity index (χ1n) is 5.42. The number of ether oxygens (including phenoxy) is 1. The number of aryl methyl sites for hydroxylation is 1. The van der Waals surface area contributed by atoms with Gasteiger partial charge in [0.1, 0.15) is 16.9 Å². The molecule has 0 saturated carbocycles. The SMILES string of the molecule is CCOC(=O)c1ccc(C)c2cc(CCl)oc12. The maximum Gasteiger partial charge on any atom is 0.341 e. The zero-order chi connectivity index (χ0) is 12.4. The lowest BCUT2D eigenvalue weighted by molar-refractivity contribution is 0.0527. The van der Waals surface area contributed by atoms with Gasteiger partial charge < -0.3 is 9.15 Å². The molecule has 17 heavy (non-hydrogen) atoms. The van der Waals surface area contributed by atoms with Crippen LogP contribution in [0.15, 0.2) is 22.6 Å². The van der Waals surface area contributed by atoms with E-state index in [2.05, 4.69) is 0 Å². The molecule has 0 amide bonds. The van der Waals surface area contributed by atoms with E-state index in [1.807, 2.05) is 19.1 Å². The predicted molar refractivity (Wildman–Crippen MR) is 66.5 cm³/mol. The number of carbonyl (C=O) groups is 1. The van der Waals surface area contributed by atoms with E-state index in [-0.39, 0.29) is 11.8 Å². The maximum absolute atomic E-state index is 11.8. The summed E-state index contributed by atoms with van der Waals surface area (Å²) in [6, 6.07) is 5.46. The van der Waals surface area contributed by atoms with Crippen LogP contribution in [-0.2, 0) is 10.6 Å². The van der Waals surface area contributed by atoms with Gasteiger partial charge in [0.2, 0.25) is 0 Å². The molecule has 0 spiro atoms. The molecule has 1 aromatic carbocycles. The summed E-state index contributed by atoms with van der Waals surface area (Å²) in [5.74, 6) is 0.575. The summed E-state index contributed by atoms with van der Waals surface area (Å²) in [7, 11) is 0. The fourth-order valence-corrected chi connectivity index (χ4v) is 1.88. The smallest absolute Gasteiger partial charge is 0.341 e. The van der Waals surface area contributed by atoms with Gasteiger partial charge >= 0.3 is 5.97 Å². The average molecular weight is 253 g/mol. The normalized spacial score (nSPS) is 10.8. The number of esters is 1. The van der Waals surface area contributed by atoms with E-state index in [0.29, 0.717) is 23.5 Å². The van der Waals surface area contributed by atoms with Crippen LogP contribution in [0.5, 0.6) is 0 Å². The van der Waals surface area contributed by atoms with Crippen molar-refractivity contribution in [2.75, 3.05) is 6.61 Å². The van der Waals surface area contributed by atoms with E-state index in [1.54, 1.807) is 13.0 Å². The number of carbonyl (C=O) groups excluding carboxylic acids is 1. The van der Waals surface area contributed by atoms with E-state index in [4.69, 9.17) is 20.8 Å². The van der Waals surface area contributed by atoms with Crippen molar-refractivity contribution >= 4 is 28.5 Å². The molecule has 0 radical (unpaired) electrons. The quantitative estimate of drug-likeness (QED) is 0.618. The third kappa shape index (κ3) is 2.15. The molecule has 0 saturated heterocycles. The minimum atomic E-state index is -0.368. The van der Waals surface area contributed by atoms with E-state index in [9.17, 15) is 4.79 Å². The molecule has 1 heterocycles. The van der Waals surface area contributed by atoms with E-state index in [1.165, 1.54) is 0 Å². The van der Waals surface area contributed by atoms with Crippen molar-refractivity contribution in [3.63, 3.8) is 0 Å².